The molecule has 0 bridgehead atoms. The molecule has 100 valence electrons. The van der Waals surface area contributed by atoms with Crippen molar-refractivity contribution in [2.45, 2.75) is 13.3 Å². The smallest absolute Gasteiger partial charge is 0.343 e. The highest BCUT2D eigenvalue weighted by molar-refractivity contribution is 5.92. The first-order valence-corrected chi connectivity index (χ1v) is 5.13. The molecule has 1 rings (SSSR count). The second kappa shape index (κ2) is 6.13. The molecular weight excluding hydrogens is 248 g/mol. The van der Waals surface area contributed by atoms with Crippen molar-refractivity contribution in [3.8, 4) is 11.8 Å². The van der Waals surface area contributed by atoms with Crippen molar-refractivity contribution in [1.29, 1.82) is 0 Å². The Morgan fingerprint density at radius 3 is 2.39 bits per heavy atom. The van der Waals surface area contributed by atoms with Gasteiger partial charge in [-0.3, -0.25) is 0 Å². The standard InChI is InChI=1S/C11H13F2NO4/c1-4-18-11(15)7-5-6(8(12)13)9(16-2)14-10(7)17-3/h5,8H,4H2,1-3H3. The molecule has 0 atom stereocenters. The fourth-order valence-corrected chi connectivity index (χ4v) is 1.33. The monoisotopic (exact) mass is 261 g/mol. The van der Waals surface area contributed by atoms with Crippen LogP contribution in [0.5, 0.6) is 11.8 Å². The first kappa shape index (κ1) is 14.1. The normalized spacial score (nSPS) is 10.3. The highest BCUT2D eigenvalue weighted by Gasteiger charge is 2.23. The van der Waals surface area contributed by atoms with Crippen molar-refractivity contribution in [3.63, 3.8) is 0 Å². The molecule has 0 aliphatic heterocycles. The molecule has 7 heteroatoms. The van der Waals surface area contributed by atoms with Gasteiger partial charge in [0.1, 0.15) is 5.56 Å². The molecule has 1 aromatic heterocycles. The molecule has 18 heavy (non-hydrogen) atoms. The SMILES string of the molecule is CCOC(=O)c1cc(C(F)F)c(OC)nc1OC. The lowest BCUT2D eigenvalue weighted by Gasteiger charge is -2.12. The summed E-state index contributed by atoms with van der Waals surface area (Å²) in [6, 6.07) is 0.966. The van der Waals surface area contributed by atoms with E-state index in [-0.39, 0.29) is 23.9 Å². The van der Waals surface area contributed by atoms with Crippen LogP contribution in [0, 0.1) is 0 Å². The molecule has 0 spiro atoms. The predicted octanol–water partition coefficient (Wildman–Crippen LogP) is 2.21. The Kier molecular flexibility index (Phi) is 4.82. The lowest BCUT2D eigenvalue weighted by atomic mass is 10.2. The number of ether oxygens (including phenoxy) is 3. The quantitative estimate of drug-likeness (QED) is 0.760. The first-order chi connectivity index (χ1) is 8.54. The van der Waals surface area contributed by atoms with E-state index in [1.807, 2.05) is 0 Å². The van der Waals surface area contributed by atoms with Crippen LogP contribution in [0.25, 0.3) is 0 Å². The third-order valence-electron chi connectivity index (χ3n) is 2.10. The molecule has 0 fully saturated rings. The van der Waals surface area contributed by atoms with Gasteiger partial charge in [0.05, 0.1) is 26.4 Å². The van der Waals surface area contributed by atoms with Crippen LogP contribution in [0.4, 0.5) is 8.78 Å². The van der Waals surface area contributed by atoms with Gasteiger partial charge in [0.15, 0.2) is 0 Å². The van der Waals surface area contributed by atoms with Gasteiger partial charge in [0, 0.05) is 0 Å². The van der Waals surface area contributed by atoms with Gasteiger partial charge >= 0.3 is 5.97 Å². The van der Waals surface area contributed by atoms with Crippen LogP contribution in [0.15, 0.2) is 6.07 Å². The van der Waals surface area contributed by atoms with E-state index in [0.29, 0.717) is 0 Å². The van der Waals surface area contributed by atoms with Crippen LogP contribution in [-0.4, -0.2) is 31.8 Å². The van der Waals surface area contributed by atoms with E-state index in [4.69, 9.17) is 14.2 Å². The van der Waals surface area contributed by atoms with Crippen LogP contribution in [0.3, 0.4) is 0 Å². The Labute approximate surface area is 103 Å². The average Bonchev–Trinajstić information content (AvgIpc) is 2.37. The maximum atomic E-state index is 12.8. The largest absolute Gasteiger partial charge is 0.481 e. The van der Waals surface area contributed by atoms with Crippen molar-refractivity contribution in [3.05, 3.63) is 17.2 Å². The van der Waals surface area contributed by atoms with Crippen molar-refractivity contribution in [2.24, 2.45) is 0 Å². The third-order valence-corrected chi connectivity index (χ3v) is 2.10. The van der Waals surface area contributed by atoms with E-state index in [9.17, 15) is 13.6 Å². The zero-order chi connectivity index (χ0) is 13.7. The van der Waals surface area contributed by atoms with Crippen LogP contribution >= 0.6 is 0 Å². The number of hydrogen-bond donors (Lipinski definition) is 0. The molecule has 0 saturated carbocycles. The van der Waals surface area contributed by atoms with Gasteiger partial charge in [-0.05, 0) is 13.0 Å². The van der Waals surface area contributed by atoms with E-state index in [2.05, 4.69) is 4.98 Å². The van der Waals surface area contributed by atoms with Gasteiger partial charge in [-0.25, -0.2) is 13.6 Å². The second-order valence-corrected chi connectivity index (χ2v) is 3.16. The number of esters is 1. The minimum absolute atomic E-state index is 0.116. The molecule has 1 aromatic rings. The van der Waals surface area contributed by atoms with Crippen LogP contribution in [0.2, 0.25) is 0 Å². The summed E-state index contributed by atoms with van der Waals surface area (Å²) in [4.78, 5) is 15.3. The summed E-state index contributed by atoms with van der Waals surface area (Å²) in [5.41, 5.74) is -0.642. The summed E-state index contributed by atoms with van der Waals surface area (Å²) in [6.45, 7) is 1.73. The number of hydrogen-bond acceptors (Lipinski definition) is 5. The van der Waals surface area contributed by atoms with Crippen LogP contribution < -0.4 is 9.47 Å². The molecule has 0 amide bonds. The van der Waals surface area contributed by atoms with E-state index in [1.165, 1.54) is 14.2 Å². The fourth-order valence-electron chi connectivity index (χ4n) is 1.33. The minimum Gasteiger partial charge on any atom is -0.481 e. The number of alkyl halides is 2. The Balaban J connectivity index is 3.31. The van der Waals surface area contributed by atoms with Crippen LogP contribution in [0.1, 0.15) is 29.3 Å². The van der Waals surface area contributed by atoms with E-state index in [1.54, 1.807) is 6.92 Å². The molecule has 0 N–H and O–H groups in total. The van der Waals surface area contributed by atoms with Crippen molar-refractivity contribution >= 4 is 5.97 Å². The number of pyridine rings is 1. The predicted molar refractivity (Wildman–Crippen MR) is 58.3 cm³/mol. The molecule has 0 saturated heterocycles. The maximum Gasteiger partial charge on any atom is 0.343 e. The Hall–Kier alpha value is -1.92. The molecule has 0 aliphatic rings. The number of carbonyl (C=O) groups is 1. The molecule has 1 heterocycles. The van der Waals surface area contributed by atoms with Gasteiger partial charge in [0.2, 0.25) is 11.8 Å². The van der Waals surface area contributed by atoms with E-state index < -0.39 is 18.0 Å². The number of nitrogens with zero attached hydrogens (tertiary/aromatic N) is 1. The lowest BCUT2D eigenvalue weighted by Crippen LogP contribution is -2.10. The van der Waals surface area contributed by atoms with Gasteiger partial charge in [-0.2, -0.15) is 4.98 Å². The van der Waals surface area contributed by atoms with E-state index >= 15 is 0 Å². The zero-order valence-electron chi connectivity index (χ0n) is 10.2. The highest BCUT2D eigenvalue weighted by Crippen LogP contribution is 2.32. The Morgan fingerprint density at radius 1 is 1.33 bits per heavy atom. The number of rotatable bonds is 5. The van der Waals surface area contributed by atoms with Gasteiger partial charge < -0.3 is 14.2 Å². The lowest BCUT2D eigenvalue weighted by molar-refractivity contribution is 0.0521. The molecule has 0 unspecified atom stereocenters. The van der Waals surface area contributed by atoms with Gasteiger partial charge in [-0.15, -0.1) is 0 Å². The van der Waals surface area contributed by atoms with Crippen molar-refractivity contribution in [1.82, 2.24) is 4.98 Å². The van der Waals surface area contributed by atoms with Gasteiger partial charge in [0.25, 0.3) is 6.43 Å². The minimum atomic E-state index is -2.81. The Bertz CT molecular complexity index is 437. The summed E-state index contributed by atoms with van der Waals surface area (Å²) >= 11 is 0. The van der Waals surface area contributed by atoms with Crippen molar-refractivity contribution in [2.75, 3.05) is 20.8 Å². The van der Waals surface area contributed by atoms with Crippen LogP contribution in [-0.2, 0) is 4.74 Å². The molecule has 0 radical (unpaired) electrons. The molecule has 0 aliphatic carbocycles. The molecule has 0 aromatic carbocycles. The average molecular weight is 261 g/mol. The fraction of sp³-hybridized carbons (Fsp3) is 0.455. The van der Waals surface area contributed by atoms with E-state index in [0.717, 1.165) is 6.07 Å². The second-order valence-electron chi connectivity index (χ2n) is 3.16. The summed E-state index contributed by atoms with van der Waals surface area (Å²) < 4.78 is 39.8. The third kappa shape index (κ3) is 2.85. The highest BCUT2D eigenvalue weighted by atomic mass is 19.3. The molecular formula is C11H13F2NO4. The summed E-state index contributed by atoms with van der Waals surface area (Å²) in [6.07, 6.45) is -2.81. The maximum absolute atomic E-state index is 12.8. The first-order valence-electron chi connectivity index (χ1n) is 5.13. The Morgan fingerprint density at radius 2 is 1.94 bits per heavy atom. The number of aromatic nitrogens is 1. The number of carbonyl (C=O) groups excluding carboxylic acids is 1. The number of halogens is 2. The zero-order valence-corrected chi connectivity index (χ0v) is 10.2. The van der Waals surface area contributed by atoms with Crippen molar-refractivity contribution < 1.29 is 27.8 Å². The summed E-state index contributed by atoms with van der Waals surface area (Å²) in [5.74, 6) is -1.17. The molecule has 5 nitrogen and oxygen atoms in total. The topological polar surface area (TPSA) is 57.7 Å². The summed E-state index contributed by atoms with van der Waals surface area (Å²) in [7, 11) is 2.48. The van der Waals surface area contributed by atoms with Gasteiger partial charge in [-0.1, -0.05) is 0 Å². The number of methoxy groups -OCH3 is 2. The summed E-state index contributed by atoms with van der Waals surface area (Å²) in [5, 5.41) is 0.